The molecule has 2 fully saturated rings. The minimum absolute atomic E-state index is 0.182. The number of aromatic nitrogens is 1. The van der Waals surface area contributed by atoms with E-state index in [0.717, 1.165) is 51.0 Å². The first-order chi connectivity index (χ1) is 16.7. The molecule has 1 saturated carbocycles. The third-order valence-corrected chi connectivity index (χ3v) is 7.38. The van der Waals surface area contributed by atoms with Gasteiger partial charge in [0.15, 0.2) is 0 Å². The van der Waals surface area contributed by atoms with Gasteiger partial charge in [-0.15, -0.1) is 0 Å². The Labute approximate surface area is 201 Å². The van der Waals surface area contributed by atoms with Crippen LogP contribution in [0.5, 0.6) is 0 Å². The molecule has 0 bridgehead atoms. The molecule has 172 valence electrons. The molecule has 3 aromatic carbocycles. The molecule has 4 aromatic rings. The minimum atomic E-state index is 0.182. The standard InChI is InChI=1S/C30H31N3O/c34-30(23-13-14-23)31-26-8-6-7-24(19-26)22-15-17-32(18-16-22)20-25-21-33(27-9-2-1-3-10-27)29-12-5-4-11-28(25)29/h1-12,19,21-23H,13-18,20H2,(H,31,34). The Bertz CT molecular complexity index is 1300. The van der Waals surface area contributed by atoms with Crippen LogP contribution in [0.4, 0.5) is 5.69 Å². The van der Waals surface area contributed by atoms with Gasteiger partial charge in [-0.2, -0.15) is 0 Å². The van der Waals surface area contributed by atoms with Gasteiger partial charge in [0, 0.05) is 35.4 Å². The molecule has 4 nitrogen and oxygen atoms in total. The normalized spacial score (nSPS) is 17.2. The summed E-state index contributed by atoms with van der Waals surface area (Å²) in [5.74, 6) is 0.973. The number of carbonyl (C=O) groups is 1. The second kappa shape index (κ2) is 9.11. The molecule has 1 N–H and O–H groups in total. The summed E-state index contributed by atoms with van der Waals surface area (Å²) in [4.78, 5) is 14.7. The number of nitrogens with zero attached hydrogens (tertiary/aromatic N) is 2. The first kappa shape index (κ1) is 21.2. The average molecular weight is 450 g/mol. The molecule has 1 amide bonds. The maximum atomic E-state index is 12.1. The molecule has 1 saturated heterocycles. The Morgan fingerprint density at radius 1 is 0.853 bits per heavy atom. The van der Waals surface area contributed by atoms with Crippen molar-refractivity contribution in [3.05, 3.63) is 96.2 Å². The fourth-order valence-electron chi connectivity index (χ4n) is 5.30. The van der Waals surface area contributed by atoms with E-state index in [0.29, 0.717) is 5.92 Å². The van der Waals surface area contributed by atoms with Crippen LogP contribution in [-0.2, 0) is 11.3 Å². The van der Waals surface area contributed by atoms with E-state index in [1.54, 1.807) is 0 Å². The number of amides is 1. The van der Waals surface area contributed by atoms with Crippen molar-refractivity contribution >= 4 is 22.5 Å². The van der Waals surface area contributed by atoms with Crippen LogP contribution in [0.2, 0.25) is 0 Å². The number of para-hydroxylation sites is 2. The fourth-order valence-corrected chi connectivity index (χ4v) is 5.30. The Morgan fingerprint density at radius 2 is 1.62 bits per heavy atom. The Morgan fingerprint density at radius 3 is 2.41 bits per heavy atom. The topological polar surface area (TPSA) is 37.3 Å². The van der Waals surface area contributed by atoms with Crippen molar-refractivity contribution in [3.8, 4) is 5.69 Å². The van der Waals surface area contributed by atoms with Crippen LogP contribution >= 0.6 is 0 Å². The van der Waals surface area contributed by atoms with E-state index < -0.39 is 0 Å². The van der Waals surface area contributed by atoms with Gasteiger partial charge in [0.25, 0.3) is 0 Å². The molecule has 0 spiro atoms. The summed E-state index contributed by atoms with van der Waals surface area (Å²) >= 11 is 0. The average Bonchev–Trinajstić information content (AvgIpc) is 3.68. The Hall–Kier alpha value is -3.37. The van der Waals surface area contributed by atoms with E-state index in [9.17, 15) is 4.79 Å². The highest BCUT2D eigenvalue weighted by Crippen LogP contribution is 2.33. The number of hydrogen-bond acceptors (Lipinski definition) is 2. The van der Waals surface area contributed by atoms with E-state index in [4.69, 9.17) is 0 Å². The zero-order valence-corrected chi connectivity index (χ0v) is 19.5. The molecule has 2 heterocycles. The van der Waals surface area contributed by atoms with Gasteiger partial charge in [-0.25, -0.2) is 0 Å². The zero-order chi connectivity index (χ0) is 22.9. The first-order valence-corrected chi connectivity index (χ1v) is 12.5. The van der Waals surface area contributed by atoms with Gasteiger partial charge in [0.05, 0.1) is 5.52 Å². The largest absolute Gasteiger partial charge is 0.326 e. The molecule has 34 heavy (non-hydrogen) atoms. The fraction of sp³-hybridized carbons (Fsp3) is 0.300. The number of carbonyl (C=O) groups excluding carboxylic acids is 1. The van der Waals surface area contributed by atoms with Gasteiger partial charge in [0.1, 0.15) is 0 Å². The predicted octanol–water partition coefficient (Wildman–Crippen LogP) is 6.36. The second-order valence-corrected chi connectivity index (χ2v) is 9.82. The summed E-state index contributed by atoms with van der Waals surface area (Å²) in [7, 11) is 0. The molecule has 1 aromatic heterocycles. The number of anilines is 1. The van der Waals surface area contributed by atoms with Gasteiger partial charge in [0.2, 0.25) is 5.91 Å². The summed E-state index contributed by atoms with van der Waals surface area (Å²) < 4.78 is 2.32. The SMILES string of the molecule is O=C(Nc1cccc(C2CCN(Cc3cn(-c4ccccc4)c4ccccc34)CC2)c1)C1CC1. The van der Waals surface area contributed by atoms with Gasteiger partial charge in [-0.3, -0.25) is 9.69 Å². The molecule has 2 aliphatic rings. The van der Waals surface area contributed by atoms with Gasteiger partial charge < -0.3 is 9.88 Å². The van der Waals surface area contributed by atoms with Crippen LogP contribution in [0.1, 0.15) is 42.7 Å². The van der Waals surface area contributed by atoms with Crippen LogP contribution in [0.25, 0.3) is 16.6 Å². The Balaban J connectivity index is 1.14. The molecule has 6 rings (SSSR count). The van der Waals surface area contributed by atoms with Gasteiger partial charge >= 0.3 is 0 Å². The second-order valence-electron chi connectivity index (χ2n) is 9.82. The lowest BCUT2D eigenvalue weighted by atomic mass is 9.89. The number of fused-ring (bicyclic) bond motifs is 1. The lowest BCUT2D eigenvalue weighted by molar-refractivity contribution is -0.117. The summed E-state index contributed by atoms with van der Waals surface area (Å²) in [5.41, 5.74) is 6.17. The zero-order valence-electron chi connectivity index (χ0n) is 19.5. The monoisotopic (exact) mass is 449 g/mol. The van der Waals surface area contributed by atoms with Crippen LogP contribution in [-0.4, -0.2) is 28.5 Å². The van der Waals surface area contributed by atoms with E-state index in [2.05, 4.69) is 93.8 Å². The molecule has 1 aliphatic heterocycles. The summed E-state index contributed by atoms with van der Waals surface area (Å²) in [6.45, 7) is 3.16. The summed E-state index contributed by atoms with van der Waals surface area (Å²) in [5, 5.41) is 4.45. The first-order valence-electron chi connectivity index (χ1n) is 12.5. The van der Waals surface area contributed by atoms with E-state index >= 15 is 0 Å². The summed E-state index contributed by atoms with van der Waals surface area (Å²) in [6.07, 6.45) is 6.69. The molecule has 0 atom stereocenters. The minimum Gasteiger partial charge on any atom is -0.326 e. The predicted molar refractivity (Wildman–Crippen MR) is 138 cm³/mol. The van der Waals surface area contributed by atoms with E-state index in [-0.39, 0.29) is 11.8 Å². The maximum absolute atomic E-state index is 12.1. The maximum Gasteiger partial charge on any atom is 0.227 e. The van der Waals surface area contributed by atoms with Crippen LogP contribution in [0.3, 0.4) is 0 Å². The van der Waals surface area contributed by atoms with Gasteiger partial charge in [-0.1, -0.05) is 48.5 Å². The number of hydrogen-bond donors (Lipinski definition) is 1. The van der Waals surface area contributed by atoms with Crippen molar-refractivity contribution in [1.29, 1.82) is 0 Å². The molecule has 0 radical (unpaired) electrons. The highest BCUT2D eigenvalue weighted by molar-refractivity contribution is 5.94. The lowest BCUT2D eigenvalue weighted by Gasteiger charge is -2.32. The number of piperidine rings is 1. The van der Waals surface area contributed by atoms with Crippen molar-refractivity contribution in [3.63, 3.8) is 0 Å². The smallest absolute Gasteiger partial charge is 0.227 e. The molecular formula is C30H31N3O. The van der Waals surface area contributed by atoms with Crippen molar-refractivity contribution in [2.45, 2.75) is 38.1 Å². The van der Waals surface area contributed by atoms with Crippen molar-refractivity contribution in [2.24, 2.45) is 5.92 Å². The van der Waals surface area contributed by atoms with Crippen molar-refractivity contribution < 1.29 is 4.79 Å². The number of rotatable bonds is 6. The van der Waals surface area contributed by atoms with Crippen molar-refractivity contribution in [1.82, 2.24) is 9.47 Å². The van der Waals surface area contributed by atoms with E-state index in [1.165, 1.54) is 27.7 Å². The molecule has 0 unspecified atom stereocenters. The van der Waals surface area contributed by atoms with Crippen LogP contribution in [0.15, 0.2) is 85.1 Å². The van der Waals surface area contributed by atoms with Crippen LogP contribution in [0, 0.1) is 5.92 Å². The third kappa shape index (κ3) is 4.38. The summed E-state index contributed by atoms with van der Waals surface area (Å²) in [6, 6.07) is 27.8. The lowest BCUT2D eigenvalue weighted by Crippen LogP contribution is -2.32. The third-order valence-electron chi connectivity index (χ3n) is 7.38. The highest BCUT2D eigenvalue weighted by atomic mass is 16.2. The number of nitrogens with one attached hydrogen (secondary N) is 1. The number of benzene rings is 3. The molecular weight excluding hydrogens is 418 g/mol. The molecule has 4 heteroatoms. The quantitative estimate of drug-likeness (QED) is 0.372. The van der Waals surface area contributed by atoms with Crippen molar-refractivity contribution in [2.75, 3.05) is 18.4 Å². The van der Waals surface area contributed by atoms with E-state index in [1.807, 2.05) is 6.07 Å². The highest BCUT2D eigenvalue weighted by Gasteiger charge is 2.29. The van der Waals surface area contributed by atoms with Crippen LogP contribution < -0.4 is 5.32 Å². The Kier molecular flexibility index (Phi) is 5.68. The number of likely N-dealkylation sites (tertiary alicyclic amines) is 1. The molecule has 1 aliphatic carbocycles. The van der Waals surface area contributed by atoms with Gasteiger partial charge in [-0.05, 0) is 86.1 Å².